The van der Waals surface area contributed by atoms with Gasteiger partial charge in [-0.3, -0.25) is 9.59 Å². The van der Waals surface area contributed by atoms with Gasteiger partial charge in [0.25, 0.3) is 5.56 Å². The Morgan fingerprint density at radius 3 is 2.77 bits per heavy atom. The third-order valence-electron chi connectivity index (χ3n) is 4.81. The predicted molar refractivity (Wildman–Crippen MR) is 115 cm³/mol. The Balaban J connectivity index is 1.40. The van der Waals surface area contributed by atoms with Crippen molar-refractivity contribution in [3.8, 4) is 11.4 Å². The van der Waals surface area contributed by atoms with E-state index < -0.39 is 0 Å². The number of nitrogens with one attached hydrogen (secondary N) is 2. The van der Waals surface area contributed by atoms with E-state index in [4.69, 9.17) is 4.52 Å². The van der Waals surface area contributed by atoms with Crippen LogP contribution in [-0.4, -0.2) is 21.0 Å². The molecule has 152 valence electrons. The van der Waals surface area contributed by atoms with Crippen LogP contribution in [0.25, 0.3) is 22.3 Å². The number of aromatic nitrogens is 3. The number of hydrogen-bond donors (Lipinski definition) is 2. The Morgan fingerprint density at radius 2 is 1.93 bits per heavy atom. The fourth-order valence-electron chi connectivity index (χ4n) is 3.30. The Bertz CT molecular complexity index is 1270. The lowest BCUT2D eigenvalue weighted by molar-refractivity contribution is -0.116. The van der Waals surface area contributed by atoms with Crippen LogP contribution in [0, 0.1) is 13.8 Å². The second-order valence-electron chi connectivity index (χ2n) is 7.39. The maximum absolute atomic E-state index is 12.4. The zero-order chi connectivity index (χ0) is 21.1. The van der Waals surface area contributed by atoms with Crippen LogP contribution in [0.3, 0.4) is 0 Å². The first kappa shape index (κ1) is 19.6. The molecular formula is C23H22N4O3. The Kier molecular flexibility index (Phi) is 5.43. The molecule has 0 unspecified atom stereocenters. The van der Waals surface area contributed by atoms with Crippen molar-refractivity contribution in [2.45, 2.75) is 33.1 Å². The van der Waals surface area contributed by atoms with Gasteiger partial charge < -0.3 is 14.8 Å². The lowest BCUT2D eigenvalue weighted by Crippen LogP contribution is -2.11. The highest BCUT2D eigenvalue weighted by atomic mass is 16.5. The molecule has 4 aromatic rings. The molecule has 0 aliphatic carbocycles. The summed E-state index contributed by atoms with van der Waals surface area (Å²) in [5.74, 6) is 0.581. The smallest absolute Gasteiger partial charge is 0.259 e. The van der Waals surface area contributed by atoms with Gasteiger partial charge in [0.1, 0.15) is 0 Å². The van der Waals surface area contributed by atoms with E-state index >= 15 is 0 Å². The number of hydrogen-bond acceptors (Lipinski definition) is 5. The number of carbonyl (C=O) groups is 1. The SMILES string of the molecule is Cc1cccc(NC(=O)CCCc2nc(-c3cc4cc(C)ccc4[nH]c3=O)no2)c1. The fourth-order valence-corrected chi connectivity index (χ4v) is 3.30. The number of pyridine rings is 1. The van der Waals surface area contributed by atoms with Crippen molar-refractivity contribution >= 4 is 22.5 Å². The van der Waals surface area contributed by atoms with Gasteiger partial charge in [0, 0.05) is 24.0 Å². The third-order valence-corrected chi connectivity index (χ3v) is 4.81. The first-order valence-electron chi connectivity index (χ1n) is 9.81. The lowest BCUT2D eigenvalue weighted by Gasteiger charge is -2.05. The summed E-state index contributed by atoms with van der Waals surface area (Å²) in [6.07, 6.45) is 1.35. The van der Waals surface area contributed by atoms with Crippen LogP contribution < -0.4 is 10.9 Å². The number of amides is 1. The van der Waals surface area contributed by atoms with Crippen molar-refractivity contribution in [2.75, 3.05) is 5.32 Å². The minimum atomic E-state index is -0.267. The monoisotopic (exact) mass is 402 g/mol. The van der Waals surface area contributed by atoms with E-state index in [-0.39, 0.29) is 17.3 Å². The summed E-state index contributed by atoms with van der Waals surface area (Å²) in [5.41, 5.74) is 3.82. The highest BCUT2D eigenvalue weighted by molar-refractivity contribution is 5.90. The molecule has 0 saturated heterocycles. The number of aryl methyl sites for hydroxylation is 3. The van der Waals surface area contributed by atoms with E-state index in [1.165, 1.54) is 0 Å². The fraction of sp³-hybridized carbons (Fsp3) is 0.217. The summed E-state index contributed by atoms with van der Waals surface area (Å²) in [5, 5.41) is 7.73. The number of benzene rings is 2. The second kappa shape index (κ2) is 8.32. The summed E-state index contributed by atoms with van der Waals surface area (Å²) >= 11 is 0. The largest absolute Gasteiger partial charge is 0.339 e. The van der Waals surface area contributed by atoms with Gasteiger partial charge >= 0.3 is 0 Å². The first-order chi connectivity index (χ1) is 14.5. The molecule has 4 rings (SSSR count). The summed E-state index contributed by atoms with van der Waals surface area (Å²) in [6.45, 7) is 3.97. The van der Waals surface area contributed by atoms with Gasteiger partial charge in [0.15, 0.2) is 0 Å². The summed E-state index contributed by atoms with van der Waals surface area (Å²) in [6, 6.07) is 15.2. The molecule has 0 aliphatic rings. The molecule has 0 bridgehead atoms. The van der Waals surface area contributed by atoms with Crippen LogP contribution in [0.5, 0.6) is 0 Å². The molecule has 2 aromatic heterocycles. The van der Waals surface area contributed by atoms with Crippen molar-refractivity contribution in [3.05, 3.63) is 75.9 Å². The average Bonchev–Trinajstić information content (AvgIpc) is 3.16. The second-order valence-corrected chi connectivity index (χ2v) is 7.39. The van der Waals surface area contributed by atoms with Crippen LogP contribution in [0.1, 0.15) is 29.9 Å². The van der Waals surface area contributed by atoms with Crippen LogP contribution >= 0.6 is 0 Å². The third kappa shape index (κ3) is 4.46. The summed E-state index contributed by atoms with van der Waals surface area (Å²) in [7, 11) is 0. The molecular weight excluding hydrogens is 380 g/mol. The van der Waals surface area contributed by atoms with Gasteiger partial charge in [-0.1, -0.05) is 28.9 Å². The maximum Gasteiger partial charge on any atom is 0.259 e. The molecule has 2 aromatic carbocycles. The zero-order valence-corrected chi connectivity index (χ0v) is 16.9. The topological polar surface area (TPSA) is 101 Å². The van der Waals surface area contributed by atoms with Gasteiger partial charge in [-0.15, -0.1) is 0 Å². The molecule has 7 nitrogen and oxygen atoms in total. The van der Waals surface area contributed by atoms with Crippen LogP contribution in [0.2, 0.25) is 0 Å². The molecule has 0 saturated carbocycles. The predicted octanol–water partition coefficient (Wildman–Crippen LogP) is 4.16. The van der Waals surface area contributed by atoms with E-state index in [1.807, 2.05) is 56.3 Å². The van der Waals surface area contributed by atoms with Gasteiger partial charge in [-0.25, -0.2) is 0 Å². The lowest BCUT2D eigenvalue weighted by atomic mass is 10.1. The van der Waals surface area contributed by atoms with Crippen molar-refractivity contribution < 1.29 is 9.32 Å². The molecule has 0 aliphatic heterocycles. The van der Waals surface area contributed by atoms with Crippen molar-refractivity contribution in [1.29, 1.82) is 0 Å². The number of rotatable bonds is 6. The molecule has 30 heavy (non-hydrogen) atoms. The molecule has 0 fully saturated rings. The molecule has 1 amide bonds. The van der Waals surface area contributed by atoms with Gasteiger partial charge in [0.2, 0.25) is 17.6 Å². The quantitative estimate of drug-likeness (QED) is 0.504. The number of H-pyrrole nitrogens is 1. The number of carbonyl (C=O) groups excluding carboxylic acids is 1. The van der Waals surface area contributed by atoms with E-state index in [0.717, 1.165) is 27.7 Å². The van der Waals surface area contributed by atoms with Crippen LogP contribution in [0.15, 0.2) is 57.8 Å². The molecule has 2 N–H and O–H groups in total. The molecule has 0 radical (unpaired) electrons. The highest BCUT2D eigenvalue weighted by Crippen LogP contribution is 2.19. The summed E-state index contributed by atoms with van der Waals surface area (Å²) < 4.78 is 5.28. The Labute approximate surface area is 173 Å². The molecule has 0 spiro atoms. The zero-order valence-electron chi connectivity index (χ0n) is 16.9. The number of anilines is 1. The van der Waals surface area contributed by atoms with E-state index in [9.17, 15) is 9.59 Å². The van der Waals surface area contributed by atoms with Gasteiger partial charge in [-0.2, -0.15) is 4.98 Å². The number of fused-ring (bicyclic) bond motifs is 1. The Morgan fingerprint density at radius 1 is 1.10 bits per heavy atom. The van der Waals surface area contributed by atoms with Crippen molar-refractivity contribution in [1.82, 2.24) is 15.1 Å². The number of nitrogens with zero attached hydrogens (tertiary/aromatic N) is 2. The highest BCUT2D eigenvalue weighted by Gasteiger charge is 2.14. The van der Waals surface area contributed by atoms with E-state index in [0.29, 0.717) is 30.7 Å². The molecule has 7 heteroatoms. The van der Waals surface area contributed by atoms with Gasteiger partial charge in [0.05, 0.1) is 5.56 Å². The van der Waals surface area contributed by atoms with Crippen LogP contribution in [-0.2, 0) is 11.2 Å². The normalized spacial score (nSPS) is 11.0. The van der Waals surface area contributed by atoms with Crippen molar-refractivity contribution in [2.24, 2.45) is 0 Å². The minimum absolute atomic E-state index is 0.0679. The van der Waals surface area contributed by atoms with Crippen molar-refractivity contribution in [3.63, 3.8) is 0 Å². The minimum Gasteiger partial charge on any atom is -0.339 e. The number of aromatic amines is 1. The van der Waals surface area contributed by atoms with Crippen LogP contribution in [0.4, 0.5) is 5.69 Å². The Hall–Kier alpha value is -3.74. The van der Waals surface area contributed by atoms with E-state index in [1.54, 1.807) is 6.07 Å². The summed E-state index contributed by atoms with van der Waals surface area (Å²) in [4.78, 5) is 31.7. The van der Waals surface area contributed by atoms with E-state index in [2.05, 4.69) is 20.4 Å². The molecule has 0 atom stereocenters. The van der Waals surface area contributed by atoms with Gasteiger partial charge in [-0.05, 0) is 61.5 Å². The first-order valence-corrected chi connectivity index (χ1v) is 9.81. The standard InChI is InChI=1S/C23H22N4O3/c1-14-5-3-6-17(12-14)24-20(28)7-4-8-21-26-22(27-30-21)18-13-16-11-15(2)9-10-19(16)25-23(18)29/h3,5-6,9-13H,4,7-8H2,1-2H3,(H,24,28)(H,25,29). The molecule has 2 heterocycles. The average molecular weight is 402 g/mol. The maximum atomic E-state index is 12.4.